The Morgan fingerprint density at radius 2 is 2.07 bits per heavy atom. The zero-order valence-electron chi connectivity index (χ0n) is 8.41. The van der Waals surface area contributed by atoms with Gasteiger partial charge >= 0.3 is 0 Å². The van der Waals surface area contributed by atoms with E-state index >= 15 is 0 Å². The first-order valence-corrected chi connectivity index (χ1v) is 6.28. The number of hydrogen-bond acceptors (Lipinski definition) is 4. The molecule has 1 aliphatic rings. The second-order valence-electron chi connectivity index (χ2n) is 3.97. The van der Waals surface area contributed by atoms with Gasteiger partial charge in [-0.25, -0.2) is 0 Å². The smallest absolute Gasteiger partial charge is 0.0893 e. The van der Waals surface area contributed by atoms with Gasteiger partial charge in [-0.15, -0.1) is 5.10 Å². The molecule has 0 unspecified atom stereocenters. The summed E-state index contributed by atoms with van der Waals surface area (Å²) >= 11 is 1.43. The molecule has 1 aromatic heterocycles. The molecule has 1 fully saturated rings. The highest BCUT2D eigenvalue weighted by atomic mass is 32.1. The maximum atomic E-state index is 4.03. The van der Waals surface area contributed by atoms with Crippen molar-refractivity contribution in [3.63, 3.8) is 0 Å². The van der Waals surface area contributed by atoms with Gasteiger partial charge in [-0.3, -0.25) is 0 Å². The third-order valence-corrected chi connectivity index (χ3v) is 3.39. The summed E-state index contributed by atoms with van der Waals surface area (Å²) in [5.41, 5.74) is 1.08. The summed E-state index contributed by atoms with van der Waals surface area (Å²) in [5.74, 6) is 0. The predicted molar refractivity (Wildman–Crippen MR) is 58.2 cm³/mol. The zero-order chi connectivity index (χ0) is 9.64. The average molecular weight is 211 g/mol. The lowest BCUT2D eigenvalue weighted by atomic mass is 10.1. The van der Waals surface area contributed by atoms with Crippen LogP contribution in [0, 0.1) is 0 Å². The molecule has 0 radical (unpaired) electrons. The fourth-order valence-electron chi connectivity index (χ4n) is 1.99. The summed E-state index contributed by atoms with van der Waals surface area (Å²) in [6.07, 6.45) is 8.25. The number of nitrogens with zero attached hydrogens (tertiary/aromatic N) is 2. The van der Waals surface area contributed by atoms with Crippen molar-refractivity contribution in [3.05, 3.63) is 11.1 Å². The quantitative estimate of drug-likeness (QED) is 0.780. The molecule has 4 heteroatoms. The monoisotopic (exact) mass is 211 g/mol. The van der Waals surface area contributed by atoms with Crippen molar-refractivity contribution in [2.45, 2.75) is 51.1 Å². The SMILES string of the molecule is c1snnc1CNC1CCCCCC1. The molecule has 1 aliphatic carbocycles. The van der Waals surface area contributed by atoms with Gasteiger partial charge < -0.3 is 5.32 Å². The Morgan fingerprint density at radius 1 is 1.29 bits per heavy atom. The van der Waals surface area contributed by atoms with Crippen molar-refractivity contribution >= 4 is 11.5 Å². The van der Waals surface area contributed by atoms with Crippen LogP contribution < -0.4 is 5.32 Å². The minimum absolute atomic E-state index is 0.708. The van der Waals surface area contributed by atoms with Crippen LogP contribution in [-0.4, -0.2) is 15.6 Å². The van der Waals surface area contributed by atoms with Crippen molar-refractivity contribution in [1.82, 2.24) is 14.9 Å². The van der Waals surface area contributed by atoms with E-state index in [-0.39, 0.29) is 0 Å². The number of rotatable bonds is 3. The highest BCUT2D eigenvalue weighted by molar-refractivity contribution is 7.03. The molecule has 0 amide bonds. The number of aromatic nitrogens is 2. The van der Waals surface area contributed by atoms with E-state index in [1.165, 1.54) is 50.1 Å². The van der Waals surface area contributed by atoms with E-state index in [2.05, 4.69) is 14.9 Å². The van der Waals surface area contributed by atoms with E-state index in [9.17, 15) is 0 Å². The summed E-state index contributed by atoms with van der Waals surface area (Å²) in [5, 5.41) is 9.62. The summed E-state index contributed by atoms with van der Waals surface area (Å²) in [4.78, 5) is 0. The molecule has 0 aromatic carbocycles. The molecule has 1 saturated carbocycles. The zero-order valence-corrected chi connectivity index (χ0v) is 9.22. The van der Waals surface area contributed by atoms with Gasteiger partial charge in [0, 0.05) is 18.0 Å². The average Bonchev–Trinajstić information content (AvgIpc) is 2.58. The fourth-order valence-corrected chi connectivity index (χ4v) is 2.44. The van der Waals surface area contributed by atoms with E-state index in [0.29, 0.717) is 6.04 Å². The highest BCUT2D eigenvalue weighted by Gasteiger charge is 2.11. The first-order valence-electron chi connectivity index (χ1n) is 5.44. The summed E-state index contributed by atoms with van der Waals surface area (Å²) < 4.78 is 3.86. The second-order valence-corrected chi connectivity index (χ2v) is 4.58. The second kappa shape index (κ2) is 5.41. The van der Waals surface area contributed by atoms with Gasteiger partial charge in [-0.05, 0) is 24.4 Å². The van der Waals surface area contributed by atoms with E-state index in [0.717, 1.165) is 12.2 Å². The molecule has 3 nitrogen and oxygen atoms in total. The van der Waals surface area contributed by atoms with Crippen molar-refractivity contribution in [3.8, 4) is 0 Å². The molecule has 1 aromatic rings. The Kier molecular flexibility index (Phi) is 3.89. The van der Waals surface area contributed by atoms with Crippen LogP contribution in [0.2, 0.25) is 0 Å². The first-order chi connectivity index (χ1) is 6.95. The Morgan fingerprint density at radius 3 is 2.71 bits per heavy atom. The lowest BCUT2D eigenvalue weighted by Crippen LogP contribution is -2.27. The lowest BCUT2D eigenvalue weighted by Gasteiger charge is -2.14. The van der Waals surface area contributed by atoms with Crippen LogP contribution in [0.5, 0.6) is 0 Å². The lowest BCUT2D eigenvalue weighted by molar-refractivity contribution is 0.456. The molecule has 0 bridgehead atoms. The standard InChI is InChI=1S/C10H17N3S/c1-2-4-6-9(5-3-1)11-7-10-8-14-13-12-10/h8-9,11H,1-7H2. The Bertz CT molecular complexity index is 240. The maximum absolute atomic E-state index is 4.03. The van der Waals surface area contributed by atoms with Gasteiger partial charge in [0.05, 0.1) is 5.69 Å². The van der Waals surface area contributed by atoms with Crippen LogP contribution in [0.15, 0.2) is 5.38 Å². The third-order valence-electron chi connectivity index (χ3n) is 2.83. The van der Waals surface area contributed by atoms with E-state index in [4.69, 9.17) is 0 Å². The third kappa shape index (κ3) is 3.03. The normalized spacial score (nSPS) is 19.4. The minimum atomic E-state index is 0.708. The molecule has 1 heterocycles. The first kappa shape index (κ1) is 10.1. The van der Waals surface area contributed by atoms with Crippen molar-refractivity contribution in [1.29, 1.82) is 0 Å². The molecule has 0 atom stereocenters. The highest BCUT2D eigenvalue weighted by Crippen LogP contribution is 2.17. The van der Waals surface area contributed by atoms with Crippen LogP contribution in [0.3, 0.4) is 0 Å². The van der Waals surface area contributed by atoms with Crippen LogP contribution in [0.25, 0.3) is 0 Å². The Balaban J connectivity index is 1.73. The van der Waals surface area contributed by atoms with Crippen molar-refractivity contribution in [2.75, 3.05) is 0 Å². The fraction of sp³-hybridized carbons (Fsp3) is 0.800. The van der Waals surface area contributed by atoms with Crippen molar-refractivity contribution < 1.29 is 0 Å². The predicted octanol–water partition coefficient (Wildman–Crippen LogP) is 2.35. The molecule has 14 heavy (non-hydrogen) atoms. The number of nitrogens with one attached hydrogen (secondary N) is 1. The van der Waals surface area contributed by atoms with Crippen LogP contribution >= 0.6 is 11.5 Å². The summed E-state index contributed by atoms with van der Waals surface area (Å²) in [6, 6.07) is 0.708. The summed E-state index contributed by atoms with van der Waals surface area (Å²) in [7, 11) is 0. The van der Waals surface area contributed by atoms with Gasteiger partial charge in [0.25, 0.3) is 0 Å². The van der Waals surface area contributed by atoms with Crippen LogP contribution in [-0.2, 0) is 6.54 Å². The molecule has 1 N–H and O–H groups in total. The molecule has 0 aliphatic heterocycles. The molecule has 0 saturated heterocycles. The van der Waals surface area contributed by atoms with Gasteiger partial charge in [0.2, 0.25) is 0 Å². The van der Waals surface area contributed by atoms with Crippen LogP contribution in [0.4, 0.5) is 0 Å². The van der Waals surface area contributed by atoms with Gasteiger partial charge in [0.15, 0.2) is 0 Å². The minimum Gasteiger partial charge on any atom is -0.308 e. The largest absolute Gasteiger partial charge is 0.308 e. The molecule has 2 rings (SSSR count). The maximum Gasteiger partial charge on any atom is 0.0893 e. The van der Waals surface area contributed by atoms with E-state index < -0.39 is 0 Å². The van der Waals surface area contributed by atoms with Crippen molar-refractivity contribution in [2.24, 2.45) is 0 Å². The molecular weight excluding hydrogens is 194 g/mol. The summed E-state index contributed by atoms with van der Waals surface area (Å²) in [6.45, 7) is 0.890. The topological polar surface area (TPSA) is 37.8 Å². The molecular formula is C10H17N3S. The van der Waals surface area contributed by atoms with Gasteiger partial charge in [-0.1, -0.05) is 30.2 Å². The van der Waals surface area contributed by atoms with E-state index in [1.807, 2.05) is 5.38 Å². The van der Waals surface area contributed by atoms with Gasteiger partial charge in [-0.2, -0.15) is 0 Å². The molecule has 0 spiro atoms. The Labute approximate surface area is 89.1 Å². The number of hydrogen-bond donors (Lipinski definition) is 1. The Hall–Kier alpha value is -0.480. The van der Waals surface area contributed by atoms with Crippen LogP contribution in [0.1, 0.15) is 44.2 Å². The van der Waals surface area contributed by atoms with E-state index in [1.54, 1.807) is 0 Å². The van der Waals surface area contributed by atoms with Gasteiger partial charge in [0.1, 0.15) is 0 Å². The molecule has 78 valence electrons.